The van der Waals surface area contributed by atoms with Gasteiger partial charge in [-0.05, 0) is 44.6 Å². The average molecular weight is 473 g/mol. The second-order valence-electron chi connectivity index (χ2n) is 8.46. The van der Waals surface area contributed by atoms with Crippen molar-refractivity contribution in [2.24, 2.45) is 16.7 Å². The van der Waals surface area contributed by atoms with E-state index in [0.717, 1.165) is 37.5 Å². The molecule has 0 aromatic rings. The van der Waals surface area contributed by atoms with E-state index >= 15 is 0 Å². The molecule has 0 saturated heterocycles. The zero-order chi connectivity index (χ0) is 24.6. The molecule has 184 valence electrons. The third kappa shape index (κ3) is 9.07. The average Bonchev–Trinajstić information content (AvgIpc) is 2.76. The molecule has 0 radical (unpaired) electrons. The van der Waals surface area contributed by atoms with Crippen molar-refractivity contribution < 1.29 is 29.0 Å². The van der Waals surface area contributed by atoms with Crippen LogP contribution in [0.25, 0.3) is 0 Å². The monoisotopic (exact) mass is 472 g/mol. The van der Waals surface area contributed by atoms with Gasteiger partial charge in [0, 0.05) is 12.0 Å². The van der Waals surface area contributed by atoms with Crippen LogP contribution in [-0.2, 0) is 23.9 Å². The summed E-state index contributed by atoms with van der Waals surface area (Å²) in [5.41, 5.74) is -0.321. The molecule has 0 saturated carbocycles. The lowest BCUT2D eigenvalue weighted by Crippen LogP contribution is -2.42. The number of unbranched alkanes of at least 4 members (excludes halogenated alkanes) is 2. The van der Waals surface area contributed by atoms with E-state index in [1.165, 1.54) is 0 Å². The molecular formula is C25H41ClO6. The summed E-state index contributed by atoms with van der Waals surface area (Å²) in [5.74, 6) is -1.28. The van der Waals surface area contributed by atoms with Crippen molar-refractivity contribution in [3.05, 3.63) is 24.3 Å². The van der Waals surface area contributed by atoms with Gasteiger partial charge in [0.2, 0.25) is 0 Å². The Morgan fingerprint density at radius 2 is 1.81 bits per heavy atom. The number of allylic oxidation sites excluding steroid dienone is 3. The molecule has 0 heterocycles. The van der Waals surface area contributed by atoms with Crippen LogP contribution < -0.4 is 0 Å². The van der Waals surface area contributed by atoms with Crippen molar-refractivity contribution in [1.82, 2.24) is 0 Å². The number of hydrogen-bond acceptors (Lipinski definition) is 6. The summed E-state index contributed by atoms with van der Waals surface area (Å²) in [6.45, 7) is 11.7. The van der Waals surface area contributed by atoms with Gasteiger partial charge in [-0.1, -0.05) is 63.3 Å². The molecule has 32 heavy (non-hydrogen) atoms. The van der Waals surface area contributed by atoms with Crippen LogP contribution in [0.1, 0.15) is 79.1 Å². The summed E-state index contributed by atoms with van der Waals surface area (Å²) >= 11 is 5.65. The van der Waals surface area contributed by atoms with Crippen LogP contribution in [0.4, 0.5) is 0 Å². The number of aldehydes is 1. The first-order valence-corrected chi connectivity index (χ1v) is 12.0. The Morgan fingerprint density at radius 3 is 2.31 bits per heavy atom. The van der Waals surface area contributed by atoms with Gasteiger partial charge < -0.3 is 14.6 Å². The first kappa shape index (κ1) is 30.3. The van der Waals surface area contributed by atoms with E-state index in [0.29, 0.717) is 19.3 Å². The van der Waals surface area contributed by atoms with Gasteiger partial charge in [-0.15, -0.1) is 6.58 Å². The Kier molecular flexibility index (Phi) is 15.2. The Hall–Kier alpha value is -1.66. The largest absolute Gasteiger partial charge is 0.466 e. The molecule has 0 aromatic heterocycles. The minimum Gasteiger partial charge on any atom is -0.466 e. The number of carbonyl (C=O) groups is 3. The highest BCUT2D eigenvalue weighted by atomic mass is 35.5. The van der Waals surface area contributed by atoms with Gasteiger partial charge >= 0.3 is 11.9 Å². The molecule has 7 heteroatoms. The minimum absolute atomic E-state index is 0.0968. The fourth-order valence-electron chi connectivity index (χ4n) is 4.31. The van der Waals surface area contributed by atoms with Crippen molar-refractivity contribution >= 4 is 29.8 Å². The number of halogens is 1. The van der Waals surface area contributed by atoms with Crippen molar-refractivity contribution in [2.75, 3.05) is 19.3 Å². The Labute approximate surface area is 198 Å². The fourth-order valence-corrected chi connectivity index (χ4v) is 4.41. The molecule has 1 N–H and O–H groups in total. The smallest absolute Gasteiger partial charge is 0.314 e. The maximum Gasteiger partial charge on any atom is 0.314 e. The number of rotatable bonds is 18. The molecule has 0 aromatic carbocycles. The fraction of sp³-hybridized carbons (Fsp3) is 0.720. The number of esters is 2. The molecule has 6 nitrogen and oxygen atoms in total. The molecular weight excluding hydrogens is 432 g/mol. The zero-order valence-electron chi connectivity index (χ0n) is 20.2. The van der Waals surface area contributed by atoms with E-state index in [-0.39, 0.29) is 37.0 Å². The van der Waals surface area contributed by atoms with Crippen LogP contribution in [0, 0.1) is 16.7 Å². The quantitative estimate of drug-likeness (QED) is 0.0720. The summed E-state index contributed by atoms with van der Waals surface area (Å²) in [6.07, 6.45) is 8.99. The molecule has 0 amide bonds. The number of aliphatic hydroxyl groups excluding tert-OH is 1. The normalized spacial score (nSPS) is 16.4. The Bertz CT molecular complexity index is 632. The van der Waals surface area contributed by atoms with Crippen LogP contribution in [0.2, 0.25) is 0 Å². The summed E-state index contributed by atoms with van der Waals surface area (Å²) in [4.78, 5) is 36.2. The number of hydrogen-bond donors (Lipinski definition) is 1. The van der Waals surface area contributed by atoms with Gasteiger partial charge in [0.05, 0.1) is 18.4 Å². The minimum atomic E-state index is -1.10. The third-order valence-electron chi connectivity index (χ3n) is 6.52. The maximum absolute atomic E-state index is 12.9. The van der Waals surface area contributed by atoms with Gasteiger partial charge in [-0.2, -0.15) is 0 Å². The molecule has 0 fully saturated rings. The maximum atomic E-state index is 12.9. The van der Waals surface area contributed by atoms with E-state index in [1.807, 2.05) is 19.9 Å². The summed E-state index contributed by atoms with van der Waals surface area (Å²) in [6, 6.07) is -0.296. The second kappa shape index (κ2) is 16.0. The molecule has 3 atom stereocenters. The molecule has 0 rings (SSSR count). The van der Waals surface area contributed by atoms with Crippen LogP contribution in [0.3, 0.4) is 0 Å². The molecule has 0 aliphatic carbocycles. The molecule has 0 bridgehead atoms. The highest BCUT2D eigenvalue weighted by Crippen LogP contribution is 2.42. The number of carbonyl (C=O) groups excluding carboxylic acids is 3. The standard InChI is InChI=1S/C25H41ClO6/c1-6-21(13-17-28)24(5,7-2)14-10-9-11-15-25(20(4)12-16-27,23(30)32-19-26)18-22(29)31-8-3/h7,13,17,20,27H,2,6,8-12,14-16,18-19H2,1,3-5H3/b21-13-/t20-,24+,25?/m0/s1. The van der Waals surface area contributed by atoms with Crippen molar-refractivity contribution in [2.45, 2.75) is 79.1 Å². The first-order valence-electron chi connectivity index (χ1n) is 11.5. The van der Waals surface area contributed by atoms with Crippen LogP contribution >= 0.6 is 11.6 Å². The van der Waals surface area contributed by atoms with Crippen LogP contribution in [-0.4, -0.2) is 42.6 Å². The lowest BCUT2D eigenvalue weighted by atomic mass is 9.68. The molecule has 0 spiro atoms. The van der Waals surface area contributed by atoms with Gasteiger partial charge in [0.25, 0.3) is 0 Å². The van der Waals surface area contributed by atoms with E-state index in [4.69, 9.17) is 21.1 Å². The van der Waals surface area contributed by atoms with Crippen molar-refractivity contribution in [3.8, 4) is 0 Å². The van der Waals surface area contributed by atoms with E-state index in [2.05, 4.69) is 13.5 Å². The summed E-state index contributed by atoms with van der Waals surface area (Å²) in [7, 11) is 0. The predicted octanol–water partition coefficient (Wildman–Crippen LogP) is 5.36. The molecule has 1 unspecified atom stereocenters. The number of ether oxygens (including phenoxy) is 2. The highest BCUT2D eigenvalue weighted by Gasteiger charge is 2.46. The number of aliphatic hydroxyl groups is 1. The van der Waals surface area contributed by atoms with Gasteiger partial charge in [-0.25, -0.2) is 0 Å². The predicted molar refractivity (Wildman–Crippen MR) is 127 cm³/mol. The highest BCUT2D eigenvalue weighted by molar-refractivity contribution is 6.17. The van der Waals surface area contributed by atoms with Crippen molar-refractivity contribution in [1.29, 1.82) is 0 Å². The van der Waals surface area contributed by atoms with E-state index in [1.54, 1.807) is 13.0 Å². The second-order valence-corrected chi connectivity index (χ2v) is 8.67. The van der Waals surface area contributed by atoms with Gasteiger partial charge in [0.15, 0.2) is 6.07 Å². The van der Waals surface area contributed by atoms with Crippen LogP contribution in [0.5, 0.6) is 0 Å². The van der Waals surface area contributed by atoms with Gasteiger partial charge in [0.1, 0.15) is 6.29 Å². The zero-order valence-corrected chi connectivity index (χ0v) is 20.9. The molecule has 0 aliphatic heterocycles. The lowest BCUT2D eigenvalue weighted by molar-refractivity contribution is -0.166. The van der Waals surface area contributed by atoms with E-state index < -0.39 is 17.4 Å². The topological polar surface area (TPSA) is 89.9 Å². The van der Waals surface area contributed by atoms with Gasteiger partial charge in [-0.3, -0.25) is 14.4 Å². The summed E-state index contributed by atoms with van der Waals surface area (Å²) < 4.78 is 10.3. The number of alkyl halides is 1. The SMILES string of the molecule is C=C[C@](C)(CCCCCC(CC(=O)OCC)(C(=O)OCCl)[C@@H](C)CCO)/C(=C\C=O)CC. The van der Waals surface area contributed by atoms with Crippen LogP contribution in [0.15, 0.2) is 24.3 Å². The molecule has 0 aliphatic rings. The van der Waals surface area contributed by atoms with Crippen molar-refractivity contribution in [3.63, 3.8) is 0 Å². The Morgan fingerprint density at radius 1 is 1.16 bits per heavy atom. The van der Waals surface area contributed by atoms with E-state index in [9.17, 15) is 19.5 Å². The summed E-state index contributed by atoms with van der Waals surface area (Å²) in [5, 5.41) is 9.46. The first-order chi connectivity index (χ1) is 15.2. The lowest BCUT2D eigenvalue weighted by Gasteiger charge is -2.36. The Balaban J connectivity index is 5.41. The third-order valence-corrected chi connectivity index (χ3v) is 6.63.